The van der Waals surface area contributed by atoms with Crippen molar-refractivity contribution in [2.75, 3.05) is 67.3 Å². The van der Waals surface area contributed by atoms with Crippen LogP contribution in [0.4, 0.5) is 0 Å². The Kier molecular flexibility index (Phi) is 33.9. The summed E-state index contributed by atoms with van der Waals surface area (Å²) in [6.07, 6.45) is 30.3. The van der Waals surface area contributed by atoms with Gasteiger partial charge in [0, 0.05) is 39.1 Å². The van der Waals surface area contributed by atoms with Crippen LogP contribution in [0.25, 0.3) is 0 Å². The van der Waals surface area contributed by atoms with E-state index in [9.17, 15) is 9.59 Å². The molecule has 0 unspecified atom stereocenters. The van der Waals surface area contributed by atoms with E-state index < -0.39 is 5.54 Å². The number of carbonyl (C=O) groups excluding carboxylic acids is 2. The molecule has 3 rings (SSSR count). The topological polar surface area (TPSA) is 92.8 Å². The number of methoxy groups -OCH3 is 2. The van der Waals surface area contributed by atoms with Gasteiger partial charge in [0.2, 0.25) is 0 Å². The number of rotatable bonds is 44. The highest BCUT2D eigenvalue weighted by atomic mass is 16.7. The number of benzene rings is 3. The zero-order valence-electron chi connectivity index (χ0n) is 41.4. The molecule has 9 nitrogen and oxygen atoms in total. The summed E-state index contributed by atoms with van der Waals surface area (Å²) in [5, 5.41) is 0. The second-order valence-corrected chi connectivity index (χ2v) is 17.8. The van der Waals surface area contributed by atoms with E-state index in [0.29, 0.717) is 39.1 Å². The van der Waals surface area contributed by atoms with Crippen LogP contribution in [0.3, 0.4) is 0 Å². The fourth-order valence-corrected chi connectivity index (χ4v) is 8.92. The Hall–Kier alpha value is -3.60. The number of esters is 2. The van der Waals surface area contributed by atoms with E-state index >= 15 is 0 Å². The van der Waals surface area contributed by atoms with Crippen molar-refractivity contribution in [1.29, 1.82) is 0 Å². The number of hydrogen-bond donors (Lipinski definition) is 0. The molecule has 370 valence electrons. The lowest BCUT2D eigenvalue weighted by Crippen LogP contribution is -2.50. The lowest BCUT2D eigenvalue weighted by Gasteiger charge is -2.45. The summed E-state index contributed by atoms with van der Waals surface area (Å²) < 4.78 is 33.7. The monoisotopic (exact) mass is 916 g/mol. The predicted octanol–water partition coefficient (Wildman–Crippen LogP) is 13.8. The second kappa shape index (κ2) is 39.4. The molecule has 0 radical (unpaired) electrons. The molecule has 0 aliphatic heterocycles. The van der Waals surface area contributed by atoms with E-state index in [1.54, 1.807) is 0 Å². The average molecular weight is 916 g/mol. The zero-order valence-corrected chi connectivity index (χ0v) is 41.4. The first-order valence-corrected chi connectivity index (χ1v) is 26.0. The van der Waals surface area contributed by atoms with Gasteiger partial charge in [0.05, 0.1) is 33.0 Å². The molecule has 0 saturated heterocycles. The van der Waals surface area contributed by atoms with Crippen molar-refractivity contribution < 1.29 is 38.0 Å². The Morgan fingerprint density at radius 2 is 0.621 bits per heavy atom. The summed E-state index contributed by atoms with van der Waals surface area (Å²) in [7, 11) is 2.92. The summed E-state index contributed by atoms with van der Waals surface area (Å²) in [5.41, 5.74) is 3.02. The van der Waals surface area contributed by atoms with Gasteiger partial charge in [-0.1, -0.05) is 219 Å². The van der Waals surface area contributed by atoms with Crippen LogP contribution in [0, 0.1) is 0 Å². The number of ether oxygens (including phenoxy) is 6. The van der Waals surface area contributed by atoms with Gasteiger partial charge in [-0.2, -0.15) is 0 Å². The lowest BCUT2D eigenvalue weighted by atomic mass is 9.75. The van der Waals surface area contributed by atoms with Crippen LogP contribution in [0.2, 0.25) is 0 Å². The van der Waals surface area contributed by atoms with E-state index in [1.165, 1.54) is 146 Å². The summed E-state index contributed by atoms with van der Waals surface area (Å²) in [6, 6.07) is 32.5. The maximum absolute atomic E-state index is 11.2. The van der Waals surface area contributed by atoms with E-state index in [-0.39, 0.29) is 25.5 Å². The third kappa shape index (κ3) is 25.0. The van der Waals surface area contributed by atoms with E-state index in [1.807, 2.05) is 0 Å². The highest BCUT2D eigenvalue weighted by Gasteiger charge is 2.41. The van der Waals surface area contributed by atoms with Gasteiger partial charge in [-0.25, -0.2) is 0 Å². The van der Waals surface area contributed by atoms with Crippen LogP contribution >= 0.6 is 0 Å². The first-order valence-electron chi connectivity index (χ1n) is 26.0. The first-order chi connectivity index (χ1) is 32.6. The smallest absolute Gasteiger partial charge is 0.305 e. The number of hydrogen-bond acceptors (Lipinski definition) is 9. The molecule has 3 aromatic rings. The van der Waals surface area contributed by atoms with Crippen LogP contribution in [0.15, 0.2) is 91.0 Å². The maximum atomic E-state index is 11.2. The van der Waals surface area contributed by atoms with Gasteiger partial charge < -0.3 is 28.4 Å². The molecule has 0 N–H and O–H groups in total. The molecule has 9 heteroatoms. The van der Waals surface area contributed by atoms with Crippen LogP contribution in [0.5, 0.6) is 0 Å². The summed E-state index contributed by atoms with van der Waals surface area (Å²) in [5.74, 6) is -0.183. The molecule has 0 saturated carbocycles. The van der Waals surface area contributed by atoms with Gasteiger partial charge >= 0.3 is 11.9 Å². The van der Waals surface area contributed by atoms with E-state index in [4.69, 9.17) is 28.4 Å². The van der Waals surface area contributed by atoms with Crippen molar-refractivity contribution in [3.63, 3.8) is 0 Å². The van der Waals surface area contributed by atoms with Crippen molar-refractivity contribution in [3.8, 4) is 0 Å². The molecule has 0 aromatic heterocycles. The van der Waals surface area contributed by atoms with Gasteiger partial charge in [0.25, 0.3) is 0 Å². The fraction of sp³-hybridized carbons (Fsp3) is 0.649. The molecule has 0 aliphatic carbocycles. The van der Waals surface area contributed by atoms with Crippen molar-refractivity contribution >= 4 is 11.9 Å². The number of carbonyl (C=O) groups is 2. The molecule has 0 atom stereocenters. The maximum Gasteiger partial charge on any atom is 0.305 e. The van der Waals surface area contributed by atoms with Gasteiger partial charge in [-0.15, -0.1) is 0 Å². The van der Waals surface area contributed by atoms with Gasteiger partial charge in [0.15, 0.2) is 0 Å². The molecule has 0 spiro atoms. The molecule has 66 heavy (non-hydrogen) atoms. The molecular formula is C57H89NO8. The summed E-state index contributed by atoms with van der Waals surface area (Å²) >= 11 is 0. The highest BCUT2D eigenvalue weighted by Crippen LogP contribution is 2.42. The Morgan fingerprint density at radius 3 is 0.909 bits per heavy atom. The van der Waals surface area contributed by atoms with Gasteiger partial charge in [-0.3, -0.25) is 14.5 Å². The Balaban J connectivity index is 1.37. The molecular weight excluding hydrogens is 827 g/mol. The largest absolute Gasteiger partial charge is 0.469 e. The SMILES string of the molecule is COC(=O)CCCCCCCCCCCCCCOCOCCN(CCOCOCCCCCCCCCCCCCCC(=O)OC)C(c1ccccc1)(c1ccccc1)c1ccccc1. The zero-order chi connectivity index (χ0) is 46.9. The van der Waals surface area contributed by atoms with Crippen molar-refractivity contribution in [1.82, 2.24) is 4.90 Å². The van der Waals surface area contributed by atoms with Crippen molar-refractivity contribution in [3.05, 3.63) is 108 Å². The predicted molar refractivity (Wildman–Crippen MR) is 268 cm³/mol. The van der Waals surface area contributed by atoms with Crippen LogP contribution in [-0.4, -0.2) is 84.2 Å². The first kappa shape index (κ1) is 56.7. The van der Waals surface area contributed by atoms with Gasteiger partial charge in [0.1, 0.15) is 13.6 Å². The molecule has 3 aromatic carbocycles. The second-order valence-electron chi connectivity index (χ2n) is 17.8. The molecule has 0 heterocycles. The Morgan fingerprint density at radius 1 is 0.364 bits per heavy atom. The third-order valence-corrected chi connectivity index (χ3v) is 12.7. The molecule has 0 fully saturated rings. The highest BCUT2D eigenvalue weighted by molar-refractivity contribution is 5.69. The van der Waals surface area contributed by atoms with E-state index in [0.717, 1.165) is 51.7 Å². The Bertz CT molecular complexity index is 1410. The van der Waals surface area contributed by atoms with Crippen LogP contribution in [0.1, 0.15) is 184 Å². The van der Waals surface area contributed by atoms with Crippen LogP contribution < -0.4 is 0 Å². The number of unbranched alkanes of at least 4 members (excludes halogenated alkanes) is 22. The standard InChI is InChI=1S/C57H89NO8/c1-61-55(59)42-32-19-15-11-7-3-5-9-13-17-21-34-46-63-50-65-48-44-58(57(52-36-26-23-27-37-52,53-38-28-24-29-39-53)54-40-30-25-31-41-54)45-49-66-51-64-47-35-22-18-14-10-6-4-8-12-16-20-33-43-56(60)62-2/h23-31,36-41H,3-22,32-35,42-51H2,1-2H3. The van der Waals surface area contributed by atoms with Crippen LogP contribution in [-0.2, 0) is 43.5 Å². The normalized spacial score (nSPS) is 11.6. The van der Waals surface area contributed by atoms with Crippen molar-refractivity contribution in [2.24, 2.45) is 0 Å². The Labute approximate surface area is 401 Å². The number of nitrogens with zero attached hydrogens (tertiary/aromatic N) is 1. The van der Waals surface area contributed by atoms with Crippen molar-refractivity contribution in [2.45, 2.75) is 172 Å². The molecule has 0 bridgehead atoms. The minimum absolute atomic E-state index is 0.0917. The van der Waals surface area contributed by atoms with Gasteiger partial charge in [-0.05, 0) is 42.4 Å². The minimum Gasteiger partial charge on any atom is -0.469 e. The third-order valence-electron chi connectivity index (χ3n) is 12.7. The summed E-state index contributed by atoms with van der Waals surface area (Å²) in [4.78, 5) is 24.9. The molecule has 0 amide bonds. The fourth-order valence-electron chi connectivity index (χ4n) is 8.92. The summed E-state index contributed by atoms with van der Waals surface area (Å²) in [6.45, 7) is 4.43. The van der Waals surface area contributed by atoms with E-state index in [2.05, 4.69) is 95.9 Å². The molecule has 0 aliphatic rings. The minimum atomic E-state index is -0.572. The lowest BCUT2D eigenvalue weighted by molar-refractivity contribution is -0.141. The average Bonchev–Trinajstić information content (AvgIpc) is 3.36. The quantitative estimate of drug-likeness (QED) is 0.0238.